The Morgan fingerprint density at radius 2 is 2.33 bits per heavy atom. The molecule has 0 unspecified atom stereocenters. The minimum Gasteiger partial charge on any atom is -0.492 e. The molecule has 0 saturated heterocycles. The number of hydrogen-bond donors (Lipinski definition) is 1. The summed E-state index contributed by atoms with van der Waals surface area (Å²) < 4.78 is 12.7. The van der Waals surface area contributed by atoms with E-state index in [0.717, 1.165) is 30.1 Å². The standard InChI is InChI=1S/C17H22N4O3/c1-23-8-4-7-21-12-19-20-16(21)10-18-17(22)14-9-13-5-2-3-6-15(13)24-11-14/h2-3,5-6,12,14H,4,7-11H2,1H3,(H,18,22)/t14-/m1/s1. The summed E-state index contributed by atoms with van der Waals surface area (Å²) in [5, 5.41) is 10.9. The minimum atomic E-state index is -0.176. The van der Waals surface area contributed by atoms with Gasteiger partial charge in [-0.15, -0.1) is 10.2 Å². The number of methoxy groups -OCH3 is 1. The maximum absolute atomic E-state index is 12.4. The van der Waals surface area contributed by atoms with Gasteiger partial charge in [-0.2, -0.15) is 0 Å². The van der Waals surface area contributed by atoms with Crippen LogP contribution in [0.1, 0.15) is 17.8 Å². The van der Waals surface area contributed by atoms with E-state index in [0.29, 0.717) is 26.2 Å². The molecule has 0 fully saturated rings. The first-order valence-electron chi connectivity index (χ1n) is 8.12. The average Bonchev–Trinajstić information content (AvgIpc) is 3.07. The summed E-state index contributed by atoms with van der Waals surface area (Å²) >= 11 is 0. The van der Waals surface area contributed by atoms with Crippen LogP contribution in [0.15, 0.2) is 30.6 Å². The molecule has 0 spiro atoms. The van der Waals surface area contributed by atoms with E-state index in [9.17, 15) is 4.79 Å². The highest BCUT2D eigenvalue weighted by atomic mass is 16.5. The first-order valence-corrected chi connectivity index (χ1v) is 8.12. The average molecular weight is 330 g/mol. The number of fused-ring (bicyclic) bond motifs is 1. The molecular formula is C17H22N4O3. The Hall–Kier alpha value is -2.41. The predicted octanol–water partition coefficient (Wildman–Crippen LogP) is 1.18. The molecule has 1 aliphatic heterocycles. The molecule has 0 radical (unpaired) electrons. The van der Waals surface area contributed by atoms with E-state index >= 15 is 0 Å². The monoisotopic (exact) mass is 330 g/mol. The topological polar surface area (TPSA) is 78.3 Å². The fraction of sp³-hybridized carbons (Fsp3) is 0.471. The van der Waals surface area contributed by atoms with E-state index in [1.54, 1.807) is 13.4 Å². The third-order valence-electron chi connectivity index (χ3n) is 4.11. The van der Waals surface area contributed by atoms with Gasteiger partial charge in [-0.05, 0) is 24.5 Å². The van der Waals surface area contributed by atoms with E-state index in [1.165, 1.54) is 0 Å². The number of carbonyl (C=O) groups is 1. The van der Waals surface area contributed by atoms with Crippen molar-refractivity contribution in [2.45, 2.75) is 25.9 Å². The summed E-state index contributed by atoms with van der Waals surface area (Å²) in [6, 6.07) is 7.84. The van der Waals surface area contributed by atoms with Crippen molar-refractivity contribution in [1.82, 2.24) is 20.1 Å². The molecule has 128 valence electrons. The molecule has 0 bridgehead atoms. The highest BCUT2D eigenvalue weighted by molar-refractivity contribution is 5.79. The third kappa shape index (κ3) is 3.91. The largest absolute Gasteiger partial charge is 0.492 e. The van der Waals surface area contributed by atoms with Gasteiger partial charge in [0, 0.05) is 20.3 Å². The van der Waals surface area contributed by atoms with Crippen molar-refractivity contribution in [1.29, 1.82) is 0 Å². The molecule has 7 nitrogen and oxygen atoms in total. The van der Waals surface area contributed by atoms with E-state index < -0.39 is 0 Å². The molecule has 1 amide bonds. The van der Waals surface area contributed by atoms with Crippen LogP contribution in [0.3, 0.4) is 0 Å². The van der Waals surface area contributed by atoms with Crippen LogP contribution in [-0.4, -0.2) is 41.0 Å². The molecule has 0 saturated carbocycles. The summed E-state index contributed by atoms with van der Waals surface area (Å²) in [6.45, 7) is 2.22. The van der Waals surface area contributed by atoms with Gasteiger partial charge in [0.1, 0.15) is 18.7 Å². The van der Waals surface area contributed by atoms with Crippen molar-refractivity contribution in [3.05, 3.63) is 42.0 Å². The van der Waals surface area contributed by atoms with E-state index in [2.05, 4.69) is 15.5 Å². The highest BCUT2D eigenvalue weighted by Gasteiger charge is 2.25. The molecule has 1 aromatic carbocycles. The van der Waals surface area contributed by atoms with Gasteiger partial charge in [-0.3, -0.25) is 4.79 Å². The number of rotatable bonds is 7. The van der Waals surface area contributed by atoms with Crippen LogP contribution < -0.4 is 10.1 Å². The summed E-state index contributed by atoms with van der Waals surface area (Å²) in [6.07, 6.45) is 3.25. The van der Waals surface area contributed by atoms with E-state index in [-0.39, 0.29) is 11.8 Å². The van der Waals surface area contributed by atoms with Gasteiger partial charge in [-0.1, -0.05) is 18.2 Å². The first kappa shape index (κ1) is 16.4. The number of ether oxygens (including phenoxy) is 2. The summed E-state index contributed by atoms with van der Waals surface area (Å²) in [5.41, 5.74) is 1.08. The van der Waals surface area contributed by atoms with Gasteiger partial charge in [0.25, 0.3) is 0 Å². The zero-order valence-corrected chi connectivity index (χ0v) is 13.8. The van der Waals surface area contributed by atoms with Crippen LogP contribution >= 0.6 is 0 Å². The number of carbonyl (C=O) groups excluding carboxylic acids is 1. The molecule has 2 heterocycles. The smallest absolute Gasteiger partial charge is 0.227 e. The molecular weight excluding hydrogens is 308 g/mol. The van der Waals surface area contributed by atoms with Crippen molar-refractivity contribution in [2.24, 2.45) is 5.92 Å². The van der Waals surface area contributed by atoms with Crippen LogP contribution in [0.4, 0.5) is 0 Å². The molecule has 0 aliphatic carbocycles. The minimum absolute atomic E-state index is 0.0176. The van der Waals surface area contributed by atoms with Crippen molar-refractivity contribution >= 4 is 5.91 Å². The number of nitrogens with zero attached hydrogens (tertiary/aromatic N) is 3. The SMILES string of the molecule is COCCCn1cnnc1CNC(=O)[C@H]1COc2ccccc2C1. The Kier molecular flexibility index (Phi) is 5.43. The summed E-state index contributed by atoms with van der Waals surface area (Å²) in [7, 11) is 1.68. The quantitative estimate of drug-likeness (QED) is 0.771. The Morgan fingerprint density at radius 1 is 1.46 bits per heavy atom. The normalized spacial score (nSPS) is 16.3. The van der Waals surface area contributed by atoms with Crippen LogP contribution in [0.5, 0.6) is 5.75 Å². The lowest BCUT2D eigenvalue weighted by Gasteiger charge is -2.24. The van der Waals surface area contributed by atoms with Crippen LogP contribution in [0, 0.1) is 5.92 Å². The summed E-state index contributed by atoms with van der Waals surface area (Å²) in [5.74, 6) is 1.43. The second-order valence-corrected chi connectivity index (χ2v) is 5.82. The molecule has 1 N–H and O–H groups in total. The molecule has 3 rings (SSSR count). The molecule has 1 atom stereocenters. The van der Waals surface area contributed by atoms with E-state index in [1.807, 2.05) is 28.8 Å². The number of nitrogens with one attached hydrogen (secondary N) is 1. The lowest BCUT2D eigenvalue weighted by atomic mass is 9.96. The van der Waals surface area contributed by atoms with Crippen molar-refractivity contribution in [2.75, 3.05) is 20.3 Å². The van der Waals surface area contributed by atoms with Gasteiger partial charge in [0.2, 0.25) is 5.91 Å². The van der Waals surface area contributed by atoms with Gasteiger partial charge in [-0.25, -0.2) is 0 Å². The van der Waals surface area contributed by atoms with Gasteiger partial charge in [0.15, 0.2) is 5.82 Å². The molecule has 2 aromatic rings. The van der Waals surface area contributed by atoms with Crippen LogP contribution in [0.25, 0.3) is 0 Å². The molecule has 7 heteroatoms. The number of amides is 1. The number of aryl methyl sites for hydroxylation is 1. The maximum Gasteiger partial charge on any atom is 0.227 e. The van der Waals surface area contributed by atoms with Gasteiger partial charge < -0.3 is 19.4 Å². The van der Waals surface area contributed by atoms with Crippen molar-refractivity contribution in [3.8, 4) is 5.75 Å². The number of benzene rings is 1. The second kappa shape index (κ2) is 7.92. The highest BCUT2D eigenvalue weighted by Crippen LogP contribution is 2.26. The van der Waals surface area contributed by atoms with Gasteiger partial charge >= 0.3 is 0 Å². The zero-order valence-electron chi connectivity index (χ0n) is 13.8. The van der Waals surface area contributed by atoms with Crippen LogP contribution in [0.2, 0.25) is 0 Å². The molecule has 1 aromatic heterocycles. The Morgan fingerprint density at radius 3 is 3.21 bits per heavy atom. The van der Waals surface area contributed by atoms with E-state index in [4.69, 9.17) is 9.47 Å². The summed E-state index contributed by atoms with van der Waals surface area (Å²) in [4.78, 5) is 12.4. The van der Waals surface area contributed by atoms with Gasteiger partial charge in [0.05, 0.1) is 12.5 Å². The fourth-order valence-corrected chi connectivity index (χ4v) is 2.79. The third-order valence-corrected chi connectivity index (χ3v) is 4.11. The first-order chi connectivity index (χ1) is 11.8. The van der Waals surface area contributed by atoms with Crippen LogP contribution in [-0.2, 0) is 29.0 Å². The Labute approximate surface area is 141 Å². The fourth-order valence-electron chi connectivity index (χ4n) is 2.79. The maximum atomic E-state index is 12.4. The molecule has 24 heavy (non-hydrogen) atoms. The predicted molar refractivity (Wildman–Crippen MR) is 87.5 cm³/mol. The van der Waals surface area contributed by atoms with Crippen molar-refractivity contribution < 1.29 is 14.3 Å². The Balaban J connectivity index is 1.52. The zero-order chi connectivity index (χ0) is 16.8. The van der Waals surface area contributed by atoms with Crippen molar-refractivity contribution in [3.63, 3.8) is 0 Å². The second-order valence-electron chi connectivity index (χ2n) is 5.82. The number of para-hydroxylation sites is 1. The Bertz CT molecular complexity index is 686. The number of hydrogen-bond acceptors (Lipinski definition) is 5. The lowest BCUT2D eigenvalue weighted by Crippen LogP contribution is -2.37. The number of aromatic nitrogens is 3. The lowest BCUT2D eigenvalue weighted by molar-refractivity contribution is -0.126. The molecule has 1 aliphatic rings.